The molecule has 0 atom stereocenters. The van der Waals surface area contributed by atoms with E-state index >= 15 is 0 Å². The predicted molar refractivity (Wildman–Crippen MR) is 119 cm³/mol. The largest absolute Gasteiger partial charge is 0.497 e. The van der Waals surface area contributed by atoms with Gasteiger partial charge in [-0.15, -0.1) is 0 Å². The Balaban J connectivity index is 1.64. The first-order valence-corrected chi connectivity index (χ1v) is 9.94. The molecule has 6 heteroatoms. The van der Waals surface area contributed by atoms with Gasteiger partial charge in [0.15, 0.2) is 6.61 Å². The molecule has 0 aliphatic carbocycles. The maximum atomic E-state index is 12.1. The fourth-order valence-corrected chi connectivity index (χ4v) is 2.88. The minimum absolute atomic E-state index is 0.140. The minimum Gasteiger partial charge on any atom is -0.497 e. The SMILES string of the molecule is CCCCOc1ccc2ccccc2c1/C=N/NC(=O)COc1ccc(OC)cc1. The van der Waals surface area contributed by atoms with E-state index in [9.17, 15) is 4.79 Å². The van der Waals surface area contributed by atoms with E-state index in [0.717, 1.165) is 40.7 Å². The highest BCUT2D eigenvalue weighted by Gasteiger charge is 2.08. The van der Waals surface area contributed by atoms with Gasteiger partial charge in [-0.3, -0.25) is 4.79 Å². The van der Waals surface area contributed by atoms with Crippen LogP contribution in [-0.4, -0.2) is 32.4 Å². The number of nitrogens with one attached hydrogen (secondary N) is 1. The lowest BCUT2D eigenvalue weighted by Gasteiger charge is -2.11. The molecule has 1 N–H and O–H groups in total. The first-order chi connectivity index (χ1) is 14.7. The van der Waals surface area contributed by atoms with E-state index in [0.29, 0.717) is 12.4 Å². The van der Waals surface area contributed by atoms with Crippen molar-refractivity contribution < 1.29 is 19.0 Å². The van der Waals surface area contributed by atoms with Crippen molar-refractivity contribution in [1.82, 2.24) is 5.43 Å². The van der Waals surface area contributed by atoms with Gasteiger partial charge >= 0.3 is 0 Å². The van der Waals surface area contributed by atoms with Crippen LogP contribution in [-0.2, 0) is 4.79 Å². The molecule has 0 fully saturated rings. The summed E-state index contributed by atoms with van der Waals surface area (Å²) in [6, 6.07) is 19.0. The zero-order valence-corrected chi connectivity index (χ0v) is 17.3. The van der Waals surface area contributed by atoms with Crippen molar-refractivity contribution >= 4 is 22.9 Å². The third-order valence-electron chi connectivity index (χ3n) is 4.50. The average Bonchev–Trinajstić information content (AvgIpc) is 2.79. The lowest BCUT2D eigenvalue weighted by Crippen LogP contribution is -2.24. The highest BCUT2D eigenvalue weighted by molar-refractivity contribution is 6.02. The van der Waals surface area contributed by atoms with E-state index in [-0.39, 0.29) is 12.5 Å². The molecule has 30 heavy (non-hydrogen) atoms. The fourth-order valence-electron chi connectivity index (χ4n) is 2.88. The number of hydrazone groups is 1. The molecule has 0 bridgehead atoms. The van der Waals surface area contributed by atoms with Gasteiger partial charge in [0.05, 0.1) is 19.9 Å². The second-order valence-corrected chi connectivity index (χ2v) is 6.66. The number of amides is 1. The number of methoxy groups -OCH3 is 1. The van der Waals surface area contributed by atoms with Gasteiger partial charge in [-0.2, -0.15) is 5.10 Å². The van der Waals surface area contributed by atoms with Crippen molar-refractivity contribution in [2.75, 3.05) is 20.3 Å². The summed E-state index contributed by atoms with van der Waals surface area (Å²) in [6.45, 7) is 2.62. The van der Waals surface area contributed by atoms with Gasteiger partial charge in [0, 0.05) is 5.56 Å². The lowest BCUT2D eigenvalue weighted by atomic mass is 10.0. The van der Waals surface area contributed by atoms with E-state index in [1.807, 2.05) is 36.4 Å². The minimum atomic E-state index is -0.351. The lowest BCUT2D eigenvalue weighted by molar-refractivity contribution is -0.123. The normalized spacial score (nSPS) is 10.9. The van der Waals surface area contributed by atoms with Crippen molar-refractivity contribution in [3.63, 3.8) is 0 Å². The third-order valence-corrected chi connectivity index (χ3v) is 4.50. The Morgan fingerprint density at radius 2 is 1.77 bits per heavy atom. The number of carbonyl (C=O) groups excluding carboxylic acids is 1. The molecule has 3 aromatic carbocycles. The summed E-state index contributed by atoms with van der Waals surface area (Å²) in [5.41, 5.74) is 3.34. The first-order valence-electron chi connectivity index (χ1n) is 9.94. The molecule has 0 aliphatic heterocycles. The van der Waals surface area contributed by atoms with Crippen LogP contribution in [0.4, 0.5) is 0 Å². The molecule has 0 saturated heterocycles. The number of ether oxygens (including phenoxy) is 3. The van der Waals surface area contributed by atoms with Crippen LogP contribution in [0.25, 0.3) is 10.8 Å². The molecule has 3 aromatic rings. The summed E-state index contributed by atoms with van der Waals surface area (Å²) in [7, 11) is 1.59. The summed E-state index contributed by atoms with van der Waals surface area (Å²) >= 11 is 0. The second-order valence-electron chi connectivity index (χ2n) is 6.66. The maximum Gasteiger partial charge on any atom is 0.277 e. The third kappa shape index (κ3) is 5.73. The molecule has 0 saturated carbocycles. The Hall–Kier alpha value is -3.54. The van der Waals surface area contributed by atoms with E-state index in [2.05, 4.69) is 17.5 Å². The molecule has 0 heterocycles. The van der Waals surface area contributed by atoms with Crippen LogP contribution >= 0.6 is 0 Å². The molecule has 156 valence electrons. The highest BCUT2D eigenvalue weighted by Crippen LogP contribution is 2.27. The average molecular weight is 406 g/mol. The Bertz CT molecular complexity index is 1000. The molecular formula is C24H26N2O4. The van der Waals surface area contributed by atoms with E-state index in [4.69, 9.17) is 14.2 Å². The number of fused-ring (bicyclic) bond motifs is 1. The molecule has 0 radical (unpaired) electrons. The zero-order valence-electron chi connectivity index (χ0n) is 17.3. The molecule has 1 amide bonds. The van der Waals surface area contributed by atoms with Crippen LogP contribution < -0.4 is 19.6 Å². The van der Waals surface area contributed by atoms with E-state index in [1.165, 1.54) is 0 Å². The summed E-state index contributed by atoms with van der Waals surface area (Å²) in [5, 5.41) is 6.21. The van der Waals surface area contributed by atoms with Crippen molar-refractivity contribution in [1.29, 1.82) is 0 Å². The van der Waals surface area contributed by atoms with Gasteiger partial charge in [0.2, 0.25) is 0 Å². The summed E-state index contributed by atoms with van der Waals surface area (Å²) in [4.78, 5) is 12.1. The van der Waals surface area contributed by atoms with Crippen molar-refractivity contribution in [2.24, 2.45) is 5.10 Å². The van der Waals surface area contributed by atoms with Crippen LogP contribution in [0.5, 0.6) is 17.2 Å². The standard InChI is InChI=1S/C24H26N2O4/c1-3-4-15-29-23-14-9-18-7-5-6-8-21(18)22(23)16-25-26-24(27)17-30-20-12-10-19(28-2)11-13-20/h5-14,16H,3-4,15,17H2,1-2H3,(H,26,27)/b25-16+. The maximum absolute atomic E-state index is 12.1. The van der Waals surface area contributed by atoms with Gasteiger partial charge in [0.1, 0.15) is 17.2 Å². The van der Waals surface area contributed by atoms with Gasteiger partial charge in [-0.1, -0.05) is 43.7 Å². The molecule has 0 spiro atoms. The topological polar surface area (TPSA) is 69.2 Å². The number of nitrogens with zero attached hydrogens (tertiary/aromatic N) is 1. The molecule has 0 unspecified atom stereocenters. The van der Waals surface area contributed by atoms with Crippen LogP contribution in [0.15, 0.2) is 65.8 Å². The summed E-state index contributed by atoms with van der Waals surface area (Å²) in [5.74, 6) is 1.70. The fraction of sp³-hybridized carbons (Fsp3) is 0.250. The van der Waals surface area contributed by atoms with Crippen molar-refractivity contribution in [2.45, 2.75) is 19.8 Å². The van der Waals surface area contributed by atoms with Crippen LogP contribution in [0.1, 0.15) is 25.3 Å². The van der Waals surface area contributed by atoms with Crippen molar-refractivity contribution in [3.8, 4) is 17.2 Å². The van der Waals surface area contributed by atoms with Crippen molar-refractivity contribution in [3.05, 3.63) is 66.2 Å². The Labute approximate surface area is 176 Å². The number of hydrogen-bond acceptors (Lipinski definition) is 5. The first kappa shape index (κ1) is 21.2. The number of rotatable bonds is 10. The Morgan fingerprint density at radius 3 is 2.53 bits per heavy atom. The molecule has 3 rings (SSSR count). The van der Waals surface area contributed by atoms with E-state index < -0.39 is 0 Å². The highest BCUT2D eigenvalue weighted by atomic mass is 16.5. The van der Waals surface area contributed by atoms with Gasteiger partial charge in [0.25, 0.3) is 5.91 Å². The van der Waals surface area contributed by atoms with Crippen LogP contribution in [0, 0.1) is 0 Å². The van der Waals surface area contributed by atoms with Gasteiger partial charge < -0.3 is 14.2 Å². The summed E-state index contributed by atoms with van der Waals surface area (Å²) < 4.78 is 16.5. The van der Waals surface area contributed by atoms with Crippen LogP contribution in [0.2, 0.25) is 0 Å². The van der Waals surface area contributed by atoms with Gasteiger partial charge in [-0.25, -0.2) is 5.43 Å². The molecule has 6 nitrogen and oxygen atoms in total. The molecule has 0 aromatic heterocycles. The Kier molecular flexibility index (Phi) is 7.66. The zero-order chi connectivity index (χ0) is 21.2. The van der Waals surface area contributed by atoms with Crippen LogP contribution in [0.3, 0.4) is 0 Å². The monoisotopic (exact) mass is 406 g/mol. The second kappa shape index (κ2) is 10.9. The molecular weight excluding hydrogens is 380 g/mol. The van der Waals surface area contributed by atoms with Gasteiger partial charge in [-0.05, 0) is 47.5 Å². The quantitative estimate of drug-likeness (QED) is 0.305. The van der Waals surface area contributed by atoms with E-state index in [1.54, 1.807) is 37.6 Å². The smallest absolute Gasteiger partial charge is 0.277 e. The number of carbonyl (C=O) groups is 1. The number of unbranched alkanes of at least 4 members (excludes halogenated alkanes) is 1. The number of hydrogen-bond donors (Lipinski definition) is 1. The number of benzene rings is 3. The molecule has 0 aliphatic rings. The summed E-state index contributed by atoms with van der Waals surface area (Å²) in [6.07, 6.45) is 3.65. The predicted octanol–water partition coefficient (Wildman–Crippen LogP) is 4.56. The Morgan fingerprint density at radius 1 is 1.00 bits per heavy atom.